The molecule has 0 atom stereocenters. The monoisotopic (exact) mass is 234 g/mol. The Kier molecular flexibility index (Phi) is 6.52. The van der Waals surface area contributed by atoms with Crippen LogP contribution in [0.3, 0.4) is 0 Å². The zero-order valence-electron chi connectivity index (χ0n) is 9.72. The Morgan fingerprint density at radius 3 is 2.62 bits per heavy atom. The second kappa shape index (κ2) is 8.06. The number of benzene rings is 1. The maximum atomic E-state index is 8.65. The lowest BCUT2D eigenvalue weighted by atomic mass is 10.2. The topological polar surface area (TPSA) is 27.0 Å². The van der Waals surface area contributed by atoms with Gasteiger partial charge in [-0.3, -0.25) is 0 Å². The molecule has 3 heteroatoms. The van der Waals surface area contributed by atoms with Crippen molar-refractivity contribution in [2.45, 2.75) is 12.8 Å². The summed E-state index contributed by atoms with van der Waals surface area (Å²) in [5.74, 6) is 1.18. The molecule has 0 fully saturated rings. The van der Waals surface area contributed by atoms with Crippen molar-refractivity contribution in [3.8, 4) is 6.07 Å². The van der Waals surface area contributed by atoms with Crippen LogP contribution in [0.1, 0.15) is 12.8 Å². The third-order valence-corrected chi connectivity index (χ3v) is 3.09. The fraction of sp³-hybridized carbons (Fsp3) is 0.462. The van der Waals surface area contributed by atoms with E-state index in [0.717, 1.165) is 13.1 Å². The van der Waals surface area contributed by atoms with Gasteiger partial charge in [-0.05, 0) is 30.6 Å². The highest BCUT2D eigenvalue weighted by Crippen LogP contribution is 2.14. The van der Waals surface area contributed by atoms with Gasteiger partial charge < -0.3 is 4.90 Å². The van der Waals surface area contributed by atoms with Gasteiger partial charge in [0.2, 0.25) is 0 Å². The van der Waals surface area contributed by atoms with E-state index in [1.807, 2.05) is 30.0 Å². The third-order valence-electron chi connectivity index (χ3n) is 2.39. The van der Waals surface area contributed by atoms with Gasteiger partial charge in [0.15, 0.2) is 0 Å². The predicted molar refractivity (Wildman–Crippen MR) is 71.9 cm³/mol. The van der Waals surface area contributed by atoms with Crippen molar-refractivity contribution in [1.29, 1.82) is 5.26 Å². The molecule has 0 aliphatic carbocycles. The number of nitrogens with zero attached hydrogens (tertiary/aromatic N) is 2. The molecular formula is C13H18N2S. The Morgan fingerprint density at radius 2 is 2.00 bits per heavy atom. The average Bonchev–Trinajstić information content (AvgIpc) is 2.35. The van der Waals surface area contributed by atoms with E-state index in [1.165, 1.54) is 17.9 Å². The molecule has 1 aromatic rings. The summed E-state index contributed by atoms with van der Waals surface area (Å²) in [5.41, 5.74) is 1.22. The van der Waals surface area contributed by atoms with Gasteiger partial charge in [0, 0.05) is 18.8 Å². The van der Waals surface area contributed by atoms with Crippen LogP contribution in [0.2, 0.25) is 0 Å². The van der Waals surface area contributed by atoms with E-state index in [9.17, 15) is 0 Å². The summed E-state index contributed by atoms with van der Waals surface area (Å²) in [6.45, 7) is 1.86. The van der Waals surface area contributed by atoms with Gasteiger partial charge in [0.1, 0.15) is 0 Å². The van der Waals surface area contributed by atoms with Crippen LogP contribution < -0.4 is 4.90 Å². The first-order valence-corrected chi connectivity index (χ1v) is 6.93. The summed E-state index contributed by atoms with van der Waals surface area (Å²) in [6.07, 6.45) is 3.89. The second-order valence-corrected chi connectivity index (χ2v) is 4.56. The van der Waals surface area contributed by atoms with Crippen molar-refractivity contribution >= 4 is 17.4 Å². The number of hydrogen-bond donors (Lipinski definition) is 0. The van der Waals surface area contributed by atoms with Crippen LogP contribution in [-0.2, 0) is 0 Å². The molecule has 0 aromatic heterocycles. The van der Waals surface area contributed by atoms with Crippen molar-refractivity contribution in [3.05, 3.63) is 30.3 Å². The first kappa shape index (κ1) is 12.9. The lowest BCUT2D eigenvalue weighted by molar-refractivity contribution is 0.772. The fourth-order valence-electron chi connectivity index (χ4n) is 1.59. The number of nitriles is 1. The second-order valence-electron chi connectivity index (χ2n) is 3.58. The van der Waals surface area contributed by atoms with Crippen molar-refractivity contribution < 1.29 is 0 Å². The highest BCUT2D eigenvalue weighted by atomic mass is 32.2. The van der Waals surface area contributed by atoms with E-state index in [1.54, 1.807) is 0 Å². The number of anilines is 1. The van der Waals surface area contributed by atoms with Gasteiger partial charge in [-0.2, -0.15) is 17.0 Å². The summed E-state index contributed by atoms with van der Waals surface area (Å²) >= 11 is 1.87. The Labute approximate surface area is 102 Å². The molecule has 0 heterocycles. The van der Waals surface area contributed by atoms with Crippen LogP contribution in [0.5, 0.6) is 0 Å². The first-order chi connectivity index (χ1) is 7.88. The number of thioether (sulfide) groups is 1. The molecule has 0 amide bonds. The average molecular weight is 234 g/mol. The Balaban J connectivity index is 2.53. The van der Waals surface area contributed by atoms with Crippen LogP contribution in [0, 0.1) is 11.3 Å². The molecule has 0 spiro atoms. The molecule has 1 aromatic carbocycles. The number of para-hydroxylation sites is 1. The molecule has 0 saturated carbocycles. The molecule has 2 nitrogen and oxygen atoms in total. The van der Waals surface area contributed by atoms with Crippen LogP contribution in [0.25, 0.3) is 0 Å². The normalized spacial score (nSPS) is 9.75. The van der Waals surface area contributed by atoms with Gasteiger partial charge in [-0.25, -0.2) is 0 Å². The molecular weight excluding hydrogens is 216 g/mol. The first-order valence-electron chi connectivity index (χ1n) is 5.54. The zero-order valence-corrected chi connectivity index (χ0v) is 10.5. The molecule has 86 valence electrons. The number of hydrogen-bond acceptors (Lipinski definition) is 3. The fourth-order valence-corrected chi connectivity index (χ4v) is 2.01. The number of rotatable bonds is 7. The van der Waals surface area contributed by atoms with E-state index in [-0.39, 0.29) is 0 Å². The van der Waals surface area contributed by atoms with Crippen molar-refractivity contribution in [2.24, 2.45) is 0 Å². The summed E-state index contributed by atoms with van der Waals surface area (Å²) in [4.78, 5) is 2.29. The van der Waals surface area contributed by atoms with Crippen LogP contribution in [-0.4, -0.2) is 25.1 Å². The highest BCUT2D eigenvalue weighted by Gasteiger charge is 2.04. The van der Waals surface area contributed by atoms with Gasteiger partial charge in [-0.15, -0.1) is 0 Å². The van der Waals surface area contributed by atoms with E-state index in [4.69, 9.17) is 5.26 Å². The summed E-state index contributed by atoms with van der Waals surface area (Å²) in [7, 11) is 0. The summed E-state index contributed by atoms with van der Waals surface area (Å²) in [5, 5.41) is 8.65. The predicted octanol–water partition coefficient (Wildman–Crippen LogP) is 3.16. The zero-order chi connectivity index (χ0) is 11.6. The molecule has 0 saturated heterocycles. The Hall–Kier alpha value is -1.14. The van der Waals surface area contributed by atoms with Crippen molar-refractivity contribution in [1.82, 2.24) is 0 Å². The minimum Gasteiger partial charge on any atom is -0.370 e. The quantitative estimate of drug-likeness (QED) is 0.678. The van der Waals surface area contributed by atoms with Gasteiger partial charge in [0.05, 0.1) is 12.5 Å². The smallest absolute Gasteiger partial charge is 0.0640 e. The summed E-state index contributed by atoms with van der Waals surface area (Å²) < 4.78 is 0. The third kappa shape index (κ3) is 4.59. The SMILES string of the molecule is CSCCCN(CCC#N)c1ccccc1. The van der Waals surface area contributed by atoms with Crippen molar-refractivity contribution in [3.63, 3.8) is 0 Å². The van der Waals surface area contributed by atoms with E-state index in [0.29, 0.717) is 6.42 Å². The maximum absolute atomic E-state index is 8.65. The molecule has 0 bridgehead atoms. The van der Waals surface area contributed by atoms with E-state index in [2.05, 4.69) is 29.4 Å². The molecule has 16 heavy (non-hydrogen) atoms. The minimum absolute atomic E-state index is 0.591. The Bertz CT molecular complexity index is 318. The lowest BCUT2D eigenvalue weighted by Crippen LogP contribution is -2.25. The van der Waals surface area contributed by atoms with Gasteiger partial charge in [0.25, 0.3) is 0 Å². The van der Waals surface area contributed by atoms with Crippen molar-refractivity contribution in [2.75, 3.05) is 30.0 Å². The maximum Gasteiger partial charge on any atom is 0.0640 e. The molecule has 0 aliphatic heterocycles. The molecule has 1 rings (SSSR count). The van der Waals surface area contributed by atoms with E-state index >= 15 is 0 Å². The van der Waals surface area contributed by atoms with E-state index < -0.39 is 0 Å². The molecule has 0 N–H and O–H groups in total. The lowest BCUT2D eigenvalue weighted by Gasteiger charge is -2.23. The largest absolute Gasteiger partial charge is 0.370 e. The van der Waals surface area contributed by atoms with Gasteiger partial charge >= 0.3 is 0 Å². The minimum atomic E-state index is 0.591. The summed E-state index contributed by atoms with van der Waals surface area (Å²) in [6, 6.07) is 12.5. The molecule has 0 radical (unpaired) electrons. The molecule has 0 unspecified atom stereocenters. The highest BCUT2D eigenvalue weighted by molar-refractivity contribution is 7.98. The Morgan fingerprint density at radius 1 is 1.25 bits per heavy atom. The van der Waals surface area contributed by atoms with Gasteiger partial charge in [-0.1, -0.05) is 18.2 Å². The van der Waals surface area contributed by atoms with Crippen LogP contribution >= 0.6 is 11.8 Å². The molecule has 0 aliphatic rings. The van der Waals surface area contributed by atoms with Crippen LogP contribution in [0.4, 0.5) is 5.69 Å². The standard InChI is InChI=1S/C13H18N2S/c1-16-12-6-11-15(10-5-9-14)13-7-3-2-4-8-13/h2-4,7-8H,5-6,10-12H2,1H3. The van der Waals surface area contributed by atoms with Crippen LogP contribution in [0.15, 0.2) is 30.3 Å².